The van der Waals surface area contributed by atoms with Crippen LogP contribution < -0.4 is 5.32 Å². The van der Waals surface area contributed by atoms with E-state index in [0.717, 1.165) is 29.0 Å². The Morgan fingerprint density at radius 2 is 2.21 bits per heavy atom. The summed E-state index contributed by atoms with van der Waals surface area (Å²) in [6.07, 6.45) is 3.70. The van der Waals surface area contributed by atoms with Crippen LogP contribution in [0.5, 0.6) is 0 Å². The van der Waals surface area contributed by atoms with Crippen LogP contribution in [0.25, 0.3) is 11.0 Å². The molecule has 0 unspecified atom stereocenters. The van der Waals surface area contributed by atoms with Gasteiger partial charge in [-0.05, 0) is 19.9 Å². The summed E-state index contributed by atoms with van der Waals surface area (Å²) < 4.78 is 1.93. The minimum Gasteiger partial charge on any atom is -0.378 e. The second-order valence-electron chi connectivity index (χ2n) is 4.65. The highest BCUT2D eigenvalue weighted by Gasteiger charge is 2.07. The van der Waals surface area contributed by atoms with Crippen molar-refractivity contribution >= 4 is 28.1 Å². The van der Waals surface area contributed by atoms with Crippen molar-refractivity contribution < 1.29 is 0 Å². The Balaban J connectivity index is 1.82. The number of anilines is 1. The molecule has 0 bridgehead atoms. The molecule has 0 aliphatic heterocycles. The molecule has 5 nitrogen and oxygen atoms in total. The lowest BCUT2D eigenvalue weighted by atomic mass is 10.3. The van der Waals surface area contributed by atoms with Gasteiger partial charge in [-0.1, -0.05) is 0 Å². The summed E-state index contributed by atoms with van der Waals surface area (Å²) in [6, 6.07) is 2.39. The van der Waals surface area contributed by atoms with Crippen LogP contribution in [0.15, 0.2) is 29.4 Å². The fourth-order valence-corrected chi connectivity index (χ4v) is 2.49. The summed E-state index contributed by atoms with van der Waals surface area (Å²) in [4.78, 5) is 8.72. The Kier molecular flexibility index (Phi) is 3.16. The highest BCUT2D eigenvalue weighted by Crippen LogP contribution is 2.19. The lowest BCUT2D eigenvalue weighted by molar-refractivity contribution is 0.546. The summed E-state index contributed by atoms with van der Waals surface area (Å²) in [5.41, 5.74) is 4.80. The quantitative estimate of drug-likeness (QED) is 0.793. The molecule has 0 aliphatic carbocycles. The predicted molar refractivity (Wildman–Crippen MR) is 77.4 cm³/mol. The molecule has 6 heteroatoms. The minimum absolute atomic E-state index is 0.318. The van der Waals surface area contributed by atoms with Crippen LogP contribution in [-0.2, 0) is 6.54 Å². The molecule has 0 fully saturated rings. The first-order valence-electron chi connectivity index (χ1n) is 6.18. The number of nitrogens with zero attached hydrogens (tertiary/aromatic N) is 4. The van der Waals surface area contributed by atoms with E-state index in [4.69, 9.17) is 0 Å². The molecule has 0 radical (unpaired) electrons. The van der Waals surface area contributed by atoms with Gasteiger partial charge in [0.1, 0.15) is 0 Å². The zero-order valence-electron chi connectivity index (χ0n) is 10.9. The molecule has 0 atom stereocenters. The van der Waals surface area contributed by atoms with Crippen LogP contribution in [0.3, 0.4) is 0 Å². The molecule has 3 rings (SSSR count). The Morgan fingerprint density at radius 3 is 2.95 bits per heavy atom. The second-order valence-corrected chi connectivity index (χ2v) is 5.37. The van der Waals surface area contributed by atoms with Crippen molar-refractivity contribution in [3.05, 3.63) is 35.0 Å². The van der Waals surface area contributed by atoms with E-state index in [2.05, 4.69) is 40.3 Å². The molecular formula is C13H15N5S. The maximum Gasteiger partial charge on any atom is 0.158 e. The van der Waals surface area contributed by atoms with Gasteiger partial charge < -0.3 is 5.32 Å². The monoisotopic (exact) mass is 273 g/mol. The number of aromatic nitrogens is 4. The van der Waals surface area contributed by atoms with Gasteiger partial charge >= 0.3 is 0 Å². The molecule has 19 heavy (non-hydrogen) atoms. The molecule has 1 N–H and O–H groups in total. The molecule has 3 heterocycles. The molecule has 0 aromatic carbocycles. The van der Waals surface area contributed by atoms with Gasteiger partial charge in [0.2, 0.25) is 0 Å². The second kappa shape index (κ2) is 4.97. The minimum atomic E-state index is 0.318. The van der Waals surface area contributed by atoms with Crippen molar-refractivity contribution in [2.45, 2.75) is 26.4 Å². The average molecular weight is 273 g/mol. The fraction of sp³-hybridized carbons (Fsp3) is 0.308. The SMILES string of the molecule is CC(C)n1ncc2cc(NCc3cscn3)cnc21. The van der Waals surface area contributed by atoms with E-state index in [1.165, 1.54) is 0 Å². The largest absolute Gasteiger partial charge is 0.378 e. The summed E-state index contributed by atoms with van der Waals surface area (Å²) in [6.45, 7) is 4.92. The number of pyridine rings is 1. The van der Waals surface area contributed by atoms with Crippen LogP contribution in [0, 0.1) is 0 Å². The maximum absolute atomic E-state index is 4.48. The average Bonchev–Trinajstić information content (AvgIpc) is 3.05. The molecular weight excluding hydrogens is 258 g/mol. The maximum atomic E-state index is 4.48. The predicted octanol–water partition coefficient (Wildman–Crippen LogP) is 3.08. The van der Waals surface area contributed by atoms with Crippen molar-refractivity contribution in [3.63, 3.8) is 0 Å². The number of hydrogen-bond acceptors (Lipinski definition) is 5. The van der Waals surface area contributed by atoms with E-state index < -0.39 is 0 Å². The Morgan fingerprint density at radius 1 is 1.32 bits per heavy atom. The molecule has 98 valence electrons. The van der Waals surface area contributed by atoms with Gasteiger partial charge in [-0.25, -0.2) is 14.6 Å². The molecule has 0 aliphatic rings. The van der Waals surface area contributed by atoms with Crippen LogP contribution in [0.1, 0.15) is 25.6 Å². The fourth-order valence-electron chi connectivity index (χ4n) is 1.93. The van der Waals surface area contributed by atoms with Crippen molar-refractivity contribution in [3.8, 4) is 0 Å². The van der Waals surface area contributed by atoms with Crippen LogP contribution in [-0.4, -0.2) is 19.7 Å². The van der Waals surface area contributed by atoms with Crippen molar-refractivity contribution in [2.75, 3.05) is 5.32 Å². The van der Waals surface area contributed by atoms with Gasteiger partial charge in [-0.15, -0.1) is 11.3 Å². The van der Waals surface area contributed by atoms with Crippen LogP contribution in [0.2, 0.25) is 0 Å². The summed E-state index contributed by atoms with van der Waals surface area (Å²) in [5, 5.41) is 10.8. The summed E-state index contributed by atoms with van der Waals surface area (Å²) >= 11 is 1.60. The first-order chi connectivity index (χ1) is 9.24. The van der Waals surface area contributed by atoms with Crippen molar-refractivity contribution in [1.29, 1.82) is 0 Å². The normalized spacial score (nSPS) is 11.3. The van der Waals surface area contributed by atoms with Gasteiger partial charge in [0.05, 0.1) is 35.8 Å². The Labute approximate surface area is 115 Å². The zero-order valence-corrected chi connectivity index (χ0v) is 11.7. The van der Waals surface area contributed by atoms with E-state index in [0.29, 0.717) is 6.04 Å². The third-order valence-electron chi connectivity index (χ3n) is 2.88. The van der Waals surface area contributed by atoms with Gasteiger partial charge in [0.25, 0.3) is 0 Å². The first-order valence-corrected chi connectivity index (χ1v) is 7.12. The Hall–Kier alpha value is -1.95. The third-order valence-corrected chi connectivity index (χ3v) is 3.51. The third kappa shape index (κ3) is 2.44. The van der Waals surface area contributed by atoms with Gasteiger partial charge in [0.15, 0.2) is 5.65 Å². The zero-order chi connectivity index (χ0) is 13.2. The highest BCUT2D eigenvalue weighted by atomic mass is 32.1. The van der Waals surface area contributed by atoms with Crippen LogP contribution in [0.4, 0.5) is 5.69 Å². The van der Waals surface area contributed by atoms with E-state index in [9.17, 15) is 0 Å². The van der Waals surface area contributed by atoms with Gasteiger partial charge in [-0.3, -0.25) is 0 Å². The highest BCUT2D eigenvalue weighted by molar-refractivity contribution is 7.07. The first kappa shape index (κ1) is 12.1. The topological polar surface area (TPSA) is 55.6 Å². The van der Waals surface area contributed by atoms with Crippen molar-refractivity contribution in [1.82, 2.24) is 19.7 Å². The number of thiazole rings is 1. The molecule has 0 saturated carbocycles. The Bertz CT molecular complexity index is 671. The molecule has 0 saturated heterocycles. The lowest BCUT2D eigenvalue weighted by Gasteiger charge is -2.07. The van der Waals surface area contributed by atoms with E-state index in [1.54, 1.807) is 11.3 Å². The van der Waals surface area contributed by atoms with Crippen LogP contribution >= 0.6 is 11.3 Å². The van der Waals surface area contributed by atoms with E-state index in [-0.39, 0.29) is 0 Å². The smallest absolute Gasteiger partial charge is 0.158 e. The molecule has 3 aromatic heterocycles. The van der Waals surface area contributed by atoms with E-state index in [1.807, 2.05) is 28.0 Å². The number of fused-ring (bicyclic) bond motifs is 1. The molecule has 3 aromatic rings. The summed E-state index contributed by atoms with van der Waals surface area (Å²) in [7, 11) is 0. The standard InChI is InChI=1S/C13H15N5S/c1-9(2)18-13-10(4-17-18)3-11(5-15-13)14-6-12-7-19-8-16-12/h3-5,7-9,14H,6H2,1-2H3. The number of nitrogens with one attached hydrogen (secondary N) is 1. The van der Waals surface area contributed by atoms with Gasteiger partial charge in [0, 0.05) is 16.8 Å². The van der Waals surface area contributed by atoms with E-state index >= 15 is 0 Å². The molecule has 0 amide bonds. The number of rotatable bonds is 4. The number of hydrogen-bond donors (Lipinski definition) is 1. The van der Waals surface area contributed by atoms with Gasteiger partial charge in [-0.2, -0.15) is 5.10 Å². The van der Waals surface area contributed by atoms with Crippen molar-refractivity contribution in [2.24, 2.45) is 0 Å². The lowest BCUT2D eigenvalue weighted by Crippen LogP contribution is -2.04. The summed E-state index contributed by atoms with van der Waals surface area (Å²) in [5.74, 6) is 0. The molecule has 0 spiro atoms.